The zero-order valence-electron chi connectivity index (χ0n) is 17.5. The van der Waals surface area contributed by atoms with Crippen LogP contribution >= 0.6 is 23.2 Å². The minimum absolute atomic E-state index is 0.0439. The molecular formula is C22H32Cl2N2O3. The first kappa shape index (κ1) is 22.5. The third-order valence-corrected chi connectivity index (χ3v) is 6.94. The molecule has 3 rings (SSSR count). The molecule has 1 N–H and O–H groups in total. The average Bonchev–Trinajstić information content (AvgIpc) is 2.65. The summed E-state index contributed by atoms with van der Waals surface area (Å²) >= 11 is 12.0. The van der Waals surface area contributed by atoms with Gasteiger partial charge in [0.2, 0.25) is 0 Å². The van der Waals surface area contributed by atoms with Crippen molar-refractivity contribution in [2.24, 2.45) is 11.3 Å². The molecule has 2 aliphatic rings. The van der Waals surface area contributed by atoms with Crippen LogP contribution in [0.15, 0.2) is 18.2 Å². The maximum atomic E-state index is 11.6. The Morgan fingerprint density at radius 2 is 1.83 bits per heavy atom. The number of rotatable bonds is 4. The molecule has 2 heterocycles. The van der Waals surface area contributed by atoms with Crippen LogP contribution in [0.4, 0.5) is 4.79 Å². The Labute approximate surface area is 183 Å². The Bertz CT molecular complexity index is 714. The first-order valence-electron chi connectivity index (χ1n) is 10.5. The highest BCUT2D eigenvalue weighted by molar-refractivity contribution is 6.42. The van der Waals surface area contributed by atoms with E-state index in [9.17, 15) is 9.90 Å². The number of hydrogen-bond donors (Lipinski definition) is 1. The molecule has 2 atom stereocenters. The van der Waals surface area contributed by atoms with Crippen LogP contribution in [-0.2, 0) is 0 Å². The summed E-state index contributed by atoms with van der Waals surface area (Å²) in [5, 5.41) is 10.6. The van der Waals surface area contributed by atoms with Crippen LogP contribution in [0.2, 0.25) is 10.0 Å². The lowest BCUT2D eigenvalue weighted by Crippen LogP contribution is -2.53. The van der Waals surface area contributed by atoms with Gasteiger partial charge in [0.05, 0.1) is 10.0 Å². The van der Waals surface area contributed by atoms with Crippen LogP contribution < -0.4 is 4.74 Å². The van der Waals surface area contributed by atoms with Crippen molar-refractivity contribution >= 4 is 29.3 Å². The van der Waals surface area contributed by atoms with Gasteiger partial charge in [0.25, 0.3) is 0 Å². The van der Waals surface area contributed by atoms with Gasteiger partial charge in [-0.05, 0) is 49.1 Å². The Hall–Kier alpha value is -1.17. The molecule has 7 heteroatoms. The van der Waals surface area contributed by atoms with Gasteiger partial charge in [0, 0.05) is 38.3 Å². The van der Waals surface area contributed by atoms with Gasteiger partial charge in [0.1, 0.15) is 11.9 Å². The number of carbonyl (C=O) groups is 1. The monoisotopic (exact) mass is 442 g/mol. The van der Waals surface area contributed by atoms with E-state index in [2.05, 4.69) is 25.7 Å². The van der Waals surface area contributed by atoms with Crippen molar-refractivity contribution in [1.82, 2.24) is 9.80 Å². The van der Waals surface area contributed by atoms with E-state index in [1.807, 2.05) is 6.07 Å². The molecule has 2 aliphatic heterocycles. The number of benzene rings is 1. The molecule has 0 radical (unpaired) electrons. The van der Waals surface area contributed by atoms with Crippen molar-refractivity contribution < 1.29 is 14.6 Å². The van der Waals surface area contributed by atoms with Crippen LogP contribution in [0.25, 0.3) is 0 Å². The predicted molar refractivity (Wildman–Crippen MR) is 117 cm³/mol. The van der Waals surface area contributed by atoms with E-state index in [1.165, 1.54) is 0 Å². The minimum Gasteiger partial charge on any atom is -0.490 e. The van der Waals surface area contributed by atoms with Crippen LogP contribution in [0.1, 0.15) is 46.5 Å². The van der Waals surface area contributed by atoms with Crippen molar-refractivity contribution in [3.8, 4) is 5.75 Å². The Balaban J connectivity index is 1.49. The lowest BCUT2D eigenvalue weighted by Gasteiger charge is -2.46. The highest BCUT2D eigenvalue weighted by atomic mass is 35.5. The fourth-order valence-electron chi connectivity index (χ4n) is 4.57. The maximum Gasteiger partial charge on any atom is 0.407 e. The molecule has 1 aromatic carbocycles. The Kier molecular flexibility index (Phi) is 7.23. The van der Waals surface area contributed by atoms with Gasteiger partial charge in [0.15, 0.2) is 0 Å². The van der Waals surface area contributed by atoms with E-state index in [0.29, 0.717) is 22.5 Å². The Morgan fingerprint density at radius 1 is 1.14 bits per heavy atom. The number of amides is 1. The summed E-state index contributed by atoms with van der Waals surface area (Å²) in [6.07, 6.45) is 3.25. The van der Waals surface area contributed by atoms with E-state index in [0.717, 1.165) is 51.1 Å². The summed E-state index contributed by atoms with van der Waals surface area (Å²) in [5.41, 5.74) is -0.0439. The predicted octanol–water partition coefficient (Wildman–Crippen LogP) is 5.64. The number of halogens is 2. The fourth-order valence-corrected chi connectivity index (χ4v) is 4.86. The highest BCUT2D eigenvalue weighted by Gasteiger charge is 2.39. The van der Waals surface area contributed by atoms with Gasteiger partial charge in [-0.3, -0.25) is 0 Å². The molecule has 2 fully saturated rings. The van der Waals surface area contributed by atoms with Crippen molar-refractivity contribution in [2.45, 2.75) is 58.6 Å². The van der Waals surface area contributed by atoms with Crippen LogP contribution in [0.3, 0.4) is 0 Å². The van der Waals surface area contributed by atoms with Gasteiger partial charge in [-0.15, -0.1) is 0 Å². The topological polar surface area (TPSA) is 53.0 Å². The molecule has 2 unspecified atom stereocenters. The van der Waals surface area contributed by atoms with Crippen molar-refractivity contribution in [1.29, 1.82) is 0 Å². The standard InChI is InChI=1S/C22H32Cl2N2O3/c1-22(2,3)20-12-15(6-11-26(20)21(27)28)14-25-9-7-16(8-10-25)29-17-4-5-18(23)19(24)13-17/h4-5,13,15-16,20H,6-12,14H2,1-3H3,(H,27,28). The smallest absolute Gasteiger partial charge is 0.407 e. The SMILES string of the molecule is CC(C)(C)C1CC(CN2CCC(Oc3ccc(Cl)c(Cl)c3)CC2)CCN1C(=O)O. The van der Waals surface area contributed by atoms with Gasteiger partial charge in [-0.1, -0.05) is 44.0 Å². The van der Waals surface area contributed by atoms with E-state index in [1.54, 1.807) is 17.0 Å². The average molecular weight is 443 g/mol. The molecule has 0 aromatic heterocycles. The zero-order chi connectivity index (χ0) is 21.2. The molecule has 29 heavy (non-hydrogen) atoms. The number of carboxylic acid groups (broad SMARTS) is 1. The molecule has 0 spiro atoms. The number of nitrogens with zero attached hydrogens (tertiary/aromatic N) is 2. The number of piperidine rings is 2. The van der Waals surface area contributed by atoms with Crippen LogP contribution in [-0.4, -0.2) is 59.3 Å². The first-order chi connectivity index (χ1) is 13.6. The second-order valence-electron chi connectivity index (χ2n) is 9.44. The summed E-state index contributed by atoms with van der Waals surface area (Å²) in [6, 6.07) is 5.49. The molecule has 1 amide bonds. The lowest BCUT2D eigenvalue weighted by atomic mass is 9.77. The summed E-state index contributed by atoms with van der Waals surface area (Å²) in [4.78, 5) is 15.8. The molecule has 0 bridgehead atoms. The van der Waals surface area contributed by atoms with E-state index in [4.69, 9.17) is 27.9 Å². The lowest BCUT2D eigenvalue weighted by molar-refractivity contribution is 0.0250. The molecule has 162 valence electrons. The molecule has 0 saturated carbocycles. The van der Waals surface area contributed by atoms with Gasteiger partial charge < -0.3 is 19.6 Å². The van der Waals surface area contributed by atoms with Gasteiger partial charge in [-0.25, -0.2) is 4.79 Å². The summed E-state index contributed by atoms with van der Waals surface area (Å²) < 4.78 is 6.09. The van der Waals surface area contributed by atoms with Crippen LogP contribution in [0.5, 0.6) is 5.75 Å². The van der Waals surface area contributed by atoms with Gasteiger partial charge in [-0.2, -0.15) is 0 Å². The summed E-state index contributed by atoms with van der Waals surface area (Å²) in [6.45, 7) is 10.1. The quantitative estimate of drug-likeness (QED) is 0.654. The van der Waals surface area contributed by atoms with Crippen molar-refractivity contribution in [3.63, 3.8) is 0 Å². The summed E-state index contributed by atoms with van der Waals surface area (Å²) in [7, 11) is 0. The summed E-state index contributed by atoms with van der Waals surface area (Å²) in [5.74, 6) is 1.31. The maximum absolute atomic E-state index is 11.6. The normalized spacial score (nSPS) is 24.5. The zero-order valence-corrected chi connectivity index (χ0v) is 19.0. The minimum atomic E-state index is -0.788. The van der Waals surface area contributed by atoms with Gasteiger partial charge >= 0.3 is 6.09 Å². The van der Waals surface area contributed by atoms with E-state index >= 15 is 0 Å². The van der Waals surface area contributed by atoms with E-state index in [-0.39, 0.29) is 17.6 Å². The van der Waals surface area contributed by atoms with Crippen molar-refractivity contribution in [3.05, 3.63) is 28.2 Å². The largest absolute Gasteiger partial charge is 0.490 e. The molecule has 0 aliphatic carbocycles. The number of hydrogen-bond acceptors (Lipinski definition) is 3. The molecule has 5 nitrogen and oxygen atoms in total. The van der Waals surface area contributed by atoms with Crippen molar-refractivity contribution in [2.75, 3.05) is 26.2 Å². The fraction of sp³-hybridized carbons (Fsp3) is 0.682. The van der Waals surface area contributed by atoms with E-state index < -0.39 is 6.09 Å². The highest BCUT2D eigenvalue weighted by Crippen LogP contribution is 2.35. The van der Waals surface area contributed by atoms with Crippen LogP contribution in [0, 0.1) is 11.3 Å². The first-order valence-corrected chi connectivity index (χ1v) is 11.2. The third-order valence-electron chi connectivity index (χ3n) is 6.20. The Morgan fingerprint density at radius 3 is 2.41 bits per heavy atom. The number of ether oxygens (including phenoxy) is 1. The number of likely N-dealkylation sites (tertiary alicyclic amines) is 2. The molecule has 1 aromatic rings. The molecular weight excluding hydrogens is 411 g/mol. The second kappa shape index (κ2) is 9.32. The molecule has 2 saturated heterocycles. The second-order valence-corrected chi connectivity index (χ2v) is 10.3. The third kappa shape index (κ3) is 5.93.